The van der Waals surface area contributed by atoms with Gasteiger partial charge in [-0.25, -0.2) is 0 Å². The van der Waals surface area contributed by atoms with Crippen LogP contribution in [0.4, 0.5) is 5.69 Å². The van der Waals surface area contributed by atoms with E-state index >= 15 is 0 Å². The van der Waals surface area contributed by atoms with Gasteiger partial charge in [-0.2, -0.15) is 0 Å². The summed E-state index contributed by atoms with van der Waals surface area (Å²) in [5.41, 5.74) is 0.605. The number of para-hydroxylation sites is 2. The number of nitrogens with one attached hydrogen (secondary N) is 1. The summed E-state index contributed by atoms with van der Waals surface area (Å²) in [5.74, 6) is 0.351. The lowest BCUT2D eigenvalue weighted by atomic mass is 10.2. The minimum Gasteiger partial charge on any atom is -0.487 e. The average Bonchev–Trinajstić information content (AvgIpc) is 2.91. The molecule has 0 aliphatic heterocycles. The second kappa shape index (κ2) is 6.86. The van der Waals surface area contributed by atoms with E-state index in [4.69, 9.17) is 16.3 Å². The van der Waals surface area contributed by atoms with Crippen LogP contribution in [-0.4, -0.2) is 12.5 Å². The summed E-state index contributed by atoms with van der Waals surface area (Å²) in [6.45, 7) is 3.99. The topological polar surface area (TPSA) is 38.3 Å². The number of hydrogen-bond acceptors (Lipinski definition) is 3. The fourth-order valence-corrected chi connectivity index (χ4v) is 3.60. The molecule has 0 bridgehead atoms. The molecular weight excluding hydrogens is 330 g/mol. The Morgan fingerprint density at radius 1 is 1.22 bits per heavy atom. The van der Waals surface area contributed by atoms with Gasteiger partial charge in [0.15, 0.2) is 0 Å². The number of rotatable bonds is 5. The van der Waals surface area contributed by atoms with E-state index in [1.807, 2.05) is 36.4 Å². The molecule has 3 aromatic rings. The largest absolute Gasteiger partial charge is 0.487 e. The van der Waals surface area contributed by atoms with Gasteiger partial charge in [0.2, 0.25) is 0 Å². The summed E-state index contributed by atoms with van der Waals surface area (Å²) in [6.07, 6.45) is 1.65. The van der Waals surface area contributed by atoms with Gasteiger partial charge >= 0.3 is 0 Å². The minimum absolute atomic E-state index is 0.245. The van der Waals surface area contributed by atoms with Crippen LogP contribution in [0.25, 0.3) is 10.1 Å². The first kappa shape index (κ1) is 15.6. The van der Waals surface area contributed by atoms with Crippen LogP contribution in [-0.2, 0) is 0 Å². The molecule has 1 amide bonds. The maximum Gasteiger partial charge on any atom is 0.267 e. The number of fused-ring (bicyclic) bond motifs is 1. The Morgan fingerprint density at radius 2 is 1.96 bits per heavy atom. The zero-order chi connectivity index (χ0) is 16.2. The zero-order valence-corrected chi connectivity index (χ0v) is 13.8. The summed E-state index contributed by atoms with van der Waals surface area (Å²) < 4.78 is 6.53. The zero-order valence-electron chi connectivity index (χ0n) is 12.2. The van der Waals surface area contributed by atoms with Crippen molar-refractivity contribution in [1.82, 2.24) is 0 Å². The molecule has 0 unspecified atom stereocenters. The second-order valence-corrected chi connectivity index (χ2v) is 6.22. The van der Waals surface area contributed by atoms with Gasteiger partial charge in [-0.05, 0) is 18.2 Å². The molecule has 0 fully saturated rings. The number of anilines is 1. The lowest BCUT2D eigenvalue weighted by Crippen LogP contribution is -2.12. The quantitative estimate of drug-likeness (QED) is 0.632. The van der Waals surface area contributed by atoms with Gasteiger partial charge in [-0.3, -0.25) is 4.79 Å². The molecule has 1 aromatic heterocycles. The summed E-state index contributed by atoms with van der Waals surface area (Å²) in [6, 6.07) is 15.0. The van der Waals surface area contributed by atoms with E-state index in [-0.39, 0.29) is 5.91 Å². The third-order valence-corrected chi connectivity index (χ3v) is 4.91. The molecular formula is C18H14ClNO2S. The molecule has 0 radical (unpaired) electrons. The Morgan fingerprint density at radius 3 is 2.74 bits per heavy atom. The van der Waals surface area contributed by atoms with Crippen molar-refractivity contribution in [1.29, 1.82) is 0 Å². The third kappa shape index (κ3) is 3.23. The molecule has 0 saturated heterocycles. The molecule has 3 nitrogen and oxygen atoms in total. The average molecular weight is 344 g/mol. The Kier molecular flexibility index (Phi) is 4.65. The fraction of sp³-hybridized carbons (Fsp3) is 0.0556. The standard InChI is InChI=1S/C18H14ClNO2S/c1-2-11-22-14-9-5-4-8-13(14)20-18(21)17-16(19)12-7-3-6-10-15(12)23-17/h2-10H,1,11H2,(H,20,21). The predicted octanol–water partition coefficient (Wildman–Crippen LogP) is 5.37. The van der Waals surface area contributed by atoms with Crippen LogP contribution < -0.4 is 10.1 Å². The third-order valence-electron chi connectivity index (χ3n) is 3.23. The molecule has 0 atom stereocenters. The maximum atomic E-state index is 12.6. The number of carbonyl (C=O) groups is 1. The highest BCUT2D eigenvalue weighted by Gasteiger charge is 2.18. The summed E-state index contributed by atoms with van der Waals surface area (Å²) in [7, 11) is 0. The molecule has 0 aliphatic carbocycles. The van der Waals surface area contributed by atoms with Crippen molar-refractivity contribution < 1.29 is 9.53 Å². The van der Waals surface area contributed by atoms with Gasteiger partial charge in [0.1, 0.15) is 17.2 Å². The Labute approximate surface area is 143 Å². The Bertz CT molecular complexity index is 872. The van der Waals surface area contributed by atoms with Crippen LogP contribution in [0, 0.1) is 0 Å². The summed E-state index contributed by atoms with van der Waals surface area (Å²) in [5, 5.41) is 4.23. The molecule has 0 saturated carbocycles. The monoisotopic (exact) mass is 343 g/mol. The molecule has 3 rings (SSSR count). The first-order valence-electron chi connectivity index (χ1n) is 7.02. The second-order valence-electron chi connectivity index (χ2n) is 4.79. The fourth-order valence-electron chi connectivity index (χ4n) is 2.18. The molecule has 0 spiro atoms. The first-order valence-corrected chi connectivity index (χ1v) is 8.21. The molecule has 23 heavy (non-hydrogen) atoms. The number of hydrogen-bond donors (Lipinski definition) is 1. The highest BCUT2D eigenvalue weighted by atomic mass is 35.5. The van der Waals surface area contributed by atoms with Crippen LogP contribution in [0.2, 0.25) is 5.02 Å². The first-order chi connectivity index (χ1) is 11.2. The van der Waals surface area contributed by atoms with E-state index < -0.39 is 0 Å². The van der Waals surface area contributed by atoms with E-state index in [1.165, 1.54) is 11.3 Å². The van der Waals surface area contributed by atoms with Crippen molar-refractivity contribution in [2.24, 2.45) is 0 Å². The Balaban J connectivity index is 1.89. The van der Waals surface area contributed by atoms with Crippen LogP contribution >= 0.6 is 22.9 Å². The van der Waals surface area contributed by atoms with E-state index in [0.717, 1.165) is 10.1 Å². The van der Waals surface area contributed by atoms with Crippen LogP contribution in [0.15, 0.2) is 61.2 Å². The maximum absolute atomic E-state index is 12.6. The highest BCUT2D eigenvalue weighted by Crippen LogP contribution is 2.36. The predicted molar refractivity (Wildman–Crippen MR) is 96.9 cm³/mol. The van der Waals surface area contributed by atoms with E-state index in [0.29, 0.717) is 27.9 Å². The summed E-state index contributed by atoms with van der Waals surface area (Å²) >= 11 is 7.72. The van der Waals surface area contributed by atoms with Gasteiger partial charge in [0.05, 0.1) is 10.7 Å². The highest BCUT2D eigenvalue weighted by molar-refractivity contribution is 7.21. The number of ether oxygens (including phenoxy) is 1. The van der Waals surface area contributed by atoms with Gasteiger partial charge < -0.3 is 10.1 Å². The number of thiophene rings is 1. The van der Waals surface area contributed by atoms with E-state index in [1.54, 1.807) is 18.2 Å². The molecule has 1 N–H and O–H groups in total. The number of carbonyl (C=O) groups excluding carboxylic acids is 1. The molecule has 116 valence electrons. The molecule has 2 aromatic carbocycles. The van der Waals surface area contributed by atoms with Crippen molar-refractivity contribution in [2.45, 2.75) is 0 Å². The summed E-state index contributed by atoms with van der Waals surface area (Å²) in [4.78, 5) is 13.1. The normalized spacial score (nSPS) is 10.5. The van der Waals surface area contributed by atoms with Crippen molar-refractivity contribution in [2.75, 3.05) is 11.9 Å². The number of benzene rings is 2. The van der Waals surface area contributed by atoms with Crippen molar-refractivity contribution >= 4 is 44.6 Å². The molecule has 1 heterocycles. The van der Waals surface area contributed by atoms with Crippen molar-refractivity contribution in [3.63, 3.8) is 0 Å². The van der Waals surface area contributed by atoms with Crippen LogP contribution in [0.5, 0.6) is 5.75 Å². The lowest BCUT2D eigenvalue weighted by molar-refractivity contribution is 0.103. The number of halogens is 1. The molecule has 0 aliphatic rings. The van der Waals surface area contributed by atoms with Gasteiger partial charge in [-0.1, -0.05) is 54.6 Å². The lowest BCUT2D eigenvalue weighted by Gasteiger charge is -2.10. The molecule has 5 heteroatoms. The van der Waals surface area contributed by atoms with Gasteiger partial charge in [-0.15, -0.1) is 11.3 Å². The smallest absolute Gasteiger partial charge is 0.267 e. The van der Waals surface area contributed by atoms with Crippen LogP contribution in [0.1, 0.15) is 9.67 Å². The van der Waals surface area contributed by atoms with Crippen LogP contribution in [0.3, 0.4) is 0 Å². The van der Waals surface area contributed by atoms with Gasteiger partial charge in [0.25, 0.3) is 5.91 Å². The van der Waals surface area contributed by atoms with E-state index in [2.05, 4.69) is 11.9 Å². The Hall–Kier alpha value is -2.30. The number of amides is 1. The van der Waals surface area contributed by atoms with Crippen molar-refractivity contribution in [3.05, 3.63) is 71.1 Å². The van der Waals surface area contributed by atoms with Crippen molar-refractivity contribution in [3.8, 4) is 5.75 Å². The minimum atomic E-state index is -0.245. The SMILES string of the molecule is C=CCOc1ccccc1NC(=O)c1sc2ccccc2c1Cl. The van der Waals surface area contributed by atoms with Gasteiger partial charge in [0, 0.05) is 10.1 Å². The van der Waals surface area contributed by atoms with E-state index in [9.17, 15) is 4.79 Å².